The summed E-state index contributed by atoms with van der Waals surface area (Å²) in [6, 6.07) is 5.66. The lowest BCUT2D eigenvalue weighted by molar-refractivity contribution is -0.896. The lowest BCUT2D eigenvalue weighted by Crippen LogP contribution is -3.16. The number of anilines is 1. The number of rotatable bonds is 7. The molecule has 30 heavy (non-hydrogen) atoms. The first-order valence-electron chi connectivity index (χ1n) is 10.3. The number of amides is 3. The highest BCUT2D eigenvalue weighted by Gasteiger charge is 2.27. The molecular formula is C21H34FN5O3+2. The van der Waals surface area contributed by atoms with Crippen LogP contribution in [-0.2, 0) is 14.4 Å². The SMILES string of the molecule is C[NH+](CC(=O)NC(C)(C)C)CC(=O)N1CC[NH+](CC(=O)Nc2ccc(F)cc2)CC1. The molecule has 1 fully saturated rings. The fourth-order valence-corrected chi connectivity index (χ4v) is 3.38. The largest absolute Gasteiger partial charge is 0.347 e. The Hall–Kier alpha value is -2.52. The van der Waals surface area contributed by atoms with Crippen molar-refractivity contribution in [3.8, 4) is 0 Å². The molecule has 8 nitrogen and oxygen atoms in total. The number of quaternary nitrogens is 2. The first kappa shape index (κ1) is 23.8. The third-order valence-corrected chi connectivity index (χ3v) is 4.79. The van der Waals surface area contributed by atoms with E-state index in [-0.39, 0.29) is 42.2 Å². The molecule has 0 spiro atoms. The molecule has 0 radical (unpaired) electrons. The van der Waals surface area contributed by atoms with E-state index in [1.54, 1.807) is 4.90 Å². The second kappa shape index (κ2) is 10.5. The molecule has 1 aromatic rings. The Kier molecular flexibility index (Phi) is 8.31. The number of halogens is 1. The van der Waals surface area contributed by atoms with Gasteiger partial charge in [-0.2, -0.15) is 0 Å². The number of nitrogens with zero attached hydrogens (tertiary/aromatic N) is 1. The molecule has 0 aliphatic carbocycles. The highest BCUT2D eigenvalue weighted by atomic mass is 19.1. The maximum absolute atomic E-state index is 12.9. The van der Waals surface area contributed by atoms with Crippen LogP contribution in [0, 0.1) is 5.82 Å². The van der Waals surface area contributed by atoms with Crippen molar-refractivity contribution >= 4 is 23.4 Å². The maximum atomic E-state index is 12.9. The van der Waals surface area contributed by atoms with Crippen molar-refractivity contribution in [2.24, 2.45) is 0 Å². The molecule has 1 aliphatic heterocycles. The smallest absolute Gasteiger partial charge is 0.279 e. The van der Waals surface area contributed by atoms with Gasteiger partial charge in [-0.25, -0.2) is 4.39 Å². The average molecular weight is 424 g/mol. The van der Waals surface area contributed by atoms with Crippen molar-refractivity contribution in [1.82, 2.24) is 10.2 Å². The van der Waals surface area contributed by atoms with Gasteiger partial charge in [0.1, 0.15) is 5.82 Å². The van der Waals surface area contributed by atoms with Gasteiger partial charge in [0.25, 0.3) is 17.7 Å². The zero-order valence-electron chi connectivity index (χ0n) is 18.3. The molecule has 2 rings (SSSR count). The van der Waals surface area contributed by atoms with E-state index in [4.69, 9.17) is 0 Å². The Labute approximate surface area is 177 Å². The van der Waals surface area contributed by atoms with E-state index in [2.05, 4.69) is 10.6 Å². The third kappa shape index (κ3) is 8.46. The Balaban J connectivity index is 1.70. The van der Waals surface area contributed by atoms with Gasteiger partial charge in [0.2, 0.25) is 0 Å². The number of carbonyl (C=O) groups is 3. The number of carbonyl (C=O) groups excluding carboxylic acids is 3. The van der Waals surface area contributed by atoms with Gasteiger partial charge >= 0.3 is 0 Å². The van der Waals surface area contributed by atoms with Crippen LogP contribution in [-0.4, -0.2) is 81.0 Å². The van der Waals surface area contributed by atoms with Crippen LogP contribution in [0.5, 0.6) is 0 Å². The molecular weight excluding hydrogens is 389 g/mol. The molecule has 4 N–H and O–H groups in total. The van der Waals surface area contributed by atoms with Crippen molar-refractivity contribution in [3.63, 3.8) is 0 Å². The normalized spacial score (nSPS) is 16.1. The highest BCUT2D eigenvalue weighted by Crippen LogP contribution is 2.07. The van der Waals surface area contributed by atoms with Crippen LogP contribution in [0.15, 0.2) is 24.3 Å². The number of benzene rings is 1. The van der Waals surface area contributed by atoms with Crippen LogP contribution in [0.25, 0.3) is 0 Å². The Morgan fingerprint density at radius 2 is 1.67 bits per heavy atom. The number of hydrogen-bond acceptors (Lipinski definition) is 3. The van der Waals surface area contributed by atoms with E-state index >= 15 is 0 Å². The predicted molar refractivity (Wildman–Crippen MR) is 112 cm³/mol. The first-order valence-corrected chi connectivity index (χ1v) is 10.3. The minimum absolute atomic E-state index is 0.0193. The monoisotopic (exact) mass is 423 g/mol. The van der Waals surface area contributed by atoms with Crippen molar-refractivity contribution < 1.29 is 28.6 Å². The molecule has 1 atom stereocenters. The summed E-state index contributed by atoms with van der Waals surface area (Å²) in [5, 5.41) is 5.66. The molecule has 0 aromatic heterocycles. The van der Waals surface area contributed by atoms with E-state index in [0.29, 0.717) is 38.4 Å². The maximum Gasteiger partial charge on any atom is 0.279 e. The van der Waals surface area contributed by atoms with Crippen molar-refractivity contribution in [3.05, 3.63) is 30.1 Å². The Morgan fingerprint density at radius 3 is 2.23 bits per heavy atom. The van der Waals surface area contributed by atoms with Crippen LogP contribution in [0.2, 0.25) is 0 Å². The van der Waals surface area contributed by atoms with Gasteiger partial charge < -0.3 is 25.3 Å². The van der Waals surface area contributed by atoms with Gasteiger partial charge in [-0.05, 0) is 45.0 Å². The fraction of sp³-hybridized carbons (Fsp3) is 0.571. The molecule has 1 aliphatic rings. The van der Waals surface area contributed by atoms with E-state index in [9.17, 15) is 18.8 Å². The van der Waals surface area contributed by atoms with E-state index in [1.807, 2.05) is 27.8 Å². The van der Waals surface area contributed by atoms with Gasteiger partial charge in [-0.15, -0.1) is 0 Å². The van der Waals surface area contributed by atoms with Crippen LogP contribution in [0.4, 0.5) is 10.1 Å². The molecule has 0 saturated carbocycles. The second-order valence-corrected chi connectivity index (χ2v) is 8.97. The summed E-state index contributed by atoms with van der Waals surface area (Å²) < 4.78 is 12.9. The minimum Gasteiger partial charge on any atom is -0.347 e. The Morgan fingerprint density at radius 1 is 1.07 bits per heavy atom. The summed E-state index contributed by atoms with van der Waals surface area (Å²) in [6.07, 6.45) is 0. The predicted octanol–water partition coefficient (Wildman–Crippen LogP) is -2.08. The summed E-state index contributed by atoms with van der Waals surface area (Å²) in [4.78, 5) is 40.5. The molecule has 1 heterocycles. The van der Waals surface area contributed by atoms with E-state index < -0.39 is 0 Å². The lowest BCUT2D eigenvalue weighted by atomic mass is 10.1. The first-order chi connectivity index (χ1) is 14.0. The topological polar surface area (TPSA) is 87.4 Å². The van der Waals surface area contributed by atoms with E-state index in [0.717, 1.165) is 9.80 Å². The van der Waals surface area contributed by atoms with Gasteiger partial charge in [0.15, 0.2) is 19.6 Å². The van der Waals surface area contributed by atoms with Crippen molar-refractivity contribution in [1.29, 1.82) is 0 Å². The summed E-state index contributed by atoms with van der Waals surface area (Å²) in [5.41, 5.74) is 0.278. The summed E-state index contributed by atoms with van der Waals surface area (Å²) in [7, 11) is 1.83. The van der Waals surface area contributed by atoms with Crippen LogP contribution < -0.4 is 20.4 Å². The zero-order valence-corrected chi connectivity index (χ0v) is 18.3. The van der Waals surface area contributed by atoms with Gasteiger partial charge in [-0.3, -0.25) is 14.4 Å². The van der Waals surface area contributed by atoms with Gasteiger partial charge in [-0.1, -0.05) is 0 Å². The van der Waals surface area contributed by atoms with Gasteiger partial charge in [0.05, 0.1) is 33.2 Å². The molecule has 1 unspecified atom stereocenters. The van der Waals surface area contributed by atoms with E-state index in [1.165, 1.54) is 24.3 Å². The minimum atomic E-state index is -0.346. The molecule has 166 valence electrons. The summed E-state index contributed by atoms with van der Waals surface area (Å²) in [6.45, 7) is 9.12. The molecule has 9 heteroatoms. The summed E-state index contributed by atoms with van der Waals surface area (Å²) >= 11 is 0. The average Bonchev–Trinajstić information content (AvgIpc) is 2.62. The molecule has 1 aromatic carbocycles. The third-order valence-electron chi connectivity index (χ3n) is 4.79. The van der Waals surface area contributed by atoms with Crippen LogP contribution in [0.1, 0.15) is 20.8 Å². The molecule has 3 amide bonds. The van der Waals surface area contributed by atoms with Crippen LogP contribution >= 0.6 is 0 Å². The van der Waals surface area contributed by atoms with Crippen molar-refractivity contribution in [2.75, 3.05) is 58.2 Å². The van der Waals surface area contributed by atoms with Gasteiger partial charge in [0, 0.05) is 11.2 Å². The highest BCUT2D eigenvalue weighted by molar-refractivity contribution is 5.91. The number of piperazine rings is 1. The number of hydrogen-bond donors (Lipinski definition) is 4. The zero-order chi connectivity index (χ0) is 22.3. The van der Waals surface area contributed by atoms with Crippen molar-refractivity contribution in [2.45, 2.75) is 26.3 Å². The fourth-order valence-electron chi connectivity index (χ4n) is 3.38. The Bertz CT molecular complexity index is 740. The standard InChI is InChI=1S/C21H32FN5O3/c1-21(2,3)24-19(29)13-25(4)15-20(30)27-11-9-26(10-12-27)14-18(28)23-17-7-5-16(22)6-8-17/h5-8H,9-15H2,1-4H3,(H,23,28)(H,24,29)/p+2. The van der Waals surface area contributed by atoms with Crippen LogP contribution in [0.3, 0.4) is 0 Å². The second-order valence-electron chi connectivity index (χ2n) is 8.97. The summed E-state index contributed by atoms with van der Waals surface area (Å²) in [5.74, 6) is -0.535. The number of likely N-dealkylation sites (N-methyl/N-ethyl adjacent to an activating group) is 1. The quantitative estimate of drug-likeness (QED) is 0.406. The number of nitrogens with one attached hydrogen (secondary N) is 4. The molecule has 1 saturated heterocycles. The lowest BCUT2D eigenvalue weighted by Gasteiger charge is -2.32. The molecule has 0 bridgehead atoms.